The third-order valence-corrected chi connectivity index (χ3v) is 15.2. The Morgan fingerprint density at radius 1 is 0.770 bits per heavy atom. The zero-order valence-electron chi connectivity index (χ0n) is 39.4. The molecule has 0 aromatic carbocycles. The molecule has 404 valence electrons. The lowest BCUT2D eigenvalue weighted by Gasteiger charge is -2.30. The van der Waals surface area contributed by atoms with Gasteiger partial charge in [0.2, 0.25) is 5.91 Å². The Labute approximate surface area is 430 Å². The molecule has 4 aliphatic rings. The van der Waals surface area contributed by atoms with Crippen molar-refractivity contribution in [3.63, 3.8) is 0 Å². The molecular formula is C40H53FN12O17P2S2. The lowest BCUT2D eigenvalue weighted by molar-refractivity contribution is -0.137. The van der Waals surface area contributed by atoms with Crippen molar-refractivity contribution in [2.24, 2.45) is 5.92 Å². The van der Waals surface area contributed by atoms with E-state index in [1.54, 1.807) is 0 Å². The van der Waals surface area contributed by atoms with E-state index in [9.17, 15) is 28.3 Å². The predicted molar refractivity (Wildman–Crippen MR) is 258 cm³/mol. The highest BCUT2D eigenvalue weighted by atomic mass is 32.7. The van der Waals surface area contributed by atoms with Gasteiger partial charge in [-0.05, 0) is 6.42 Å². The lowest BCUT2D eigenvalue weighted by Crippen LogP contribution is -2.38. The van der Waals surface area contributed by atoms with E-state index in [0.29, 0.717) is 19.8 Å². The summed E-state index contributed by atoms with van der Waals surface area (Å²) in [6, 6.07) is -0.923. The van der Waals surface area contributed by atoms with E-state index in [2.05, 4.69) is 54.4 Å². The monoisotopic (exact) mass is 1120 g/mol. The fourth-order valence-electron chi connectivity index (χ4n) is 8.32. The number of amides is 3. The topological polar surface area (TPSA) is 350 Å². The minimum absolute atomic E-state index is 0.00695. The van der Waals surface area contributed by atoms with Crippen molar-refractivity contribution in [3.8, 4) is 0 Å². The number of ether oxygens (including phenoxy) is 7. The first kappa shape index (κ1) is 55.3. The molecule has 8 rings (SSSR count). The smallest absolute Gasteiger partial charge is 0.432 e. The van der Waals surface area contributed by atoms with Crippen molar-refractivity contribution in [1.82, 2.24) is 48.8 Å². The fourth-order valence-corrected chi connectivity index (χ4v) is 11.4. The molecule has 3 fully saturated rings. The van der Waals surface area contributed by atoms with Gasteiger partial charge in [0, 0.05) is 25.1 Å². The van der Waals surface area contributed by atoms with Crippen LogP contribution in [0.3, 0.4) is 0 Å². The van der Waals surface area contributed by atoms with E-state index in [0.717, 1.165) is 11.2 Å². The van der Waals surface area contributed by atoms with Gasteiger partial charge in [0.15, 0.2) is 41.4 Å². The number of carbonyl (C=O) groups is 4. The van der Waals surface area contributed by atoms with Gasteiger partial charge in [0.25, 0.3) is 11.8 Å². The van der Waals surface area contributed by atoms with E-state index < -0.39 is 81.7 Å². The first-order valence-electron chi connectivity index (χ1n) is 22.9. The van der Waals surface area contributed by atoms with Gasteiger partial charge >= 0.3 is 19.8 Å². The molecule has 34 heteroatoms. The number of rotatable bonds is 21. The summed E-state index contributed by atoms with van der Waals surface area (Å²) in [6.45, 7) is -8.39. The fraction of sp³-hybridized carbons (Fsp3) is 0.600. The first-order chi connectivity index (χ1) is 35.5. The number of thiol groups is 2. The van der Waals surface area contributed by atoms with E-state index in [1.807, 2.05) is 0 Å². The highest BCUT2D eigenvalue weighted by Crippen LogP contribution is 2.61. The van der Waals surface area contributed by atoms with E-state index in [-0.39, 0.29) is 117 Å². The normalized spacial score (nSPS) is 28.3. The van der Waals surface area contributed by atoms with Crippen molar-refractivity contribution in [2.45, 2.75) is 55.7 Å². The quantitative estimate of drug-likeness (QED) is 0.0304. The van der Waals surface area contributed by atoms with Crippen LogP contribution >= 0.6 is 38.1 Å². The molecule has 0 bridgehead atoms. The molecule has 4 aromatic rings. The summed E-state index contributed by atoms with van der Waals surface area (Å²) in [7, 11) is 1.51. The number of alkyl halides is 1. The number of aromatic nitrogens is 8. The second-order valence-electron chi connectivity index (χ2n) is 16.8. The average Bonchev–Trinajstić information content (AvgIpc) is 4.19. The SMILES string of the molecule is CN(CCOC(=O)O[C@@H]1[C@@H]2O[P@](=O)(S)OC[C@H]3O[C@@H](n4cnc5c(N)ncnc54)[C@H](F)[C@@H]3O[P@](=O)(S)OCC2C[C@H]1n1cnc2c(N)ncnc21)C(=O)CCOCCOCCOCCOCCN1C(=O)C=CC1=O. The van der Waals surface area contributed by atoms with Crippen LogP contribution in [0.15, 0.2) is 37.5 Å². The maximum Gasteiger partial charge on any atom is 0.508 e. The Morgan fingerprint density at radius 3 is 1.96 bits per heavy atom. The Balaban J connectivity index is 0.821. The van der Waals surface area contributed by atoms with Crippen molar-refractivity contribution in [3.05, 3.63) is 37.5 Å². The van der Waals surface area contributed by atoms with Crippen LogP contribution in [0, 0.1) is 5.92 Å². The zero-order valence-corrected chi connectivity index (χ0v) is 43.0. The number of hydrogen-bond donors (Lipinski definition) is 4. The number of likely N-dealkylation sites (N-methyl/N-ethyl adjacent to an activating group) is 1. The Bertz CT molecular complexity index is 2770. The molecule has 1 saturated carbocycles. The van der Waals surface area contributed by atoms with E-state index >= 15 is 4.39 Å². The number of nitrogen functional groups attached to an aromatic ring is 2. The number of carbonyl (C=O) groups excluding carboxylic acids is 4. The highest BCUT2D eigenvalue weighted by Gasteiger charge is 2.55. The second-order valence-corrected chi connectivity index (χ2v) is 22.5. The van der Waals surface area contributed by atoms with Gasteiger partial charge in [-0.25, -0.2) is 48.2 Å². The molecule has 3 amide bonds. The molecule has 4 N–H and O–H groups in total. The highest BCUT2D eigenvalue weighted by molar-refractivity contribution is 8.44. The summed E-state index contributed by atoms with van der Waals surface area (Å²) in [6.07, 6.45) is -3.21. The predicted octanol–water partition coefficient (Wildman–Crippen LogP) is 1.88. The van der Waals surface area contributed by atoms with Crippen LogP contribution in [0.25, 0.3) is 22.3 Å². The summed E-state index contributed by atoms with van der Waals surface area (Å²) < 4.78 is 110. The number of nitrogens with two attached hydrogens (primary N) is 2. The number of hydrogen-bond acceptors (Lipinski definition) is 25. The number of imidazole rings is 2. The van der Waals surface area contributed by atoms with Crippen LogP contribution < -0.4 is 11.5 Å². The molecular weight excluding hydrogens is 1070 g/mol. The van der Waals surface area contributed by atoms with Crippen LogP contribution in [-0.2, 0) is 74.8 Å². The molecule has 7 heterocycles. The summed E-state index contributed by atoms with van der Waals surface area (Å²) in [5.74, 6) is -1.88. The molecule has 10 atom stereocenters. The molecule has 1 aliphatic carbocycles. The average molecular weight is 1120 g/mol. The lowest BCUT2D eigenvalue weighted by atomic mass is 10.1. The standard InChI is InChI=1S/C40H53FN12O17P2S2/c1-50(26(54)4-7-60-10-12-62-14-15-63-13-11-61-8-6-51-27(55)2-3-28(51)56)5-9-64-40(57)68-33-24(52-21-48-30-35(42)44-19-46-37(30)52)16-23-17-65-71(58,73)70-34-25(18-66-72(59,74)69-32(23)33)67-39(29(34)41)53-22-49-31-36(43)45-20-47-38(31)53/h2-3,19-25,29,32-34,39H,4-18H2,1H3,(H,58,73)(H,59,74)(H2,42,44,46)(H2,43,45,47)/t23?,24-,25-,29-,32-,33+,34-,39-,71-,72-/m1/s1. The van der Waals surface area contributed by atoms with Crippen molar-refractivity contribution < 1.29 is 84.0 Å². The maximum absolute atomic E-state index is 16.4. The Hall–Kier alpha value is -4.95. The Kier molecular flexibility index (Phi) is 18.5. The van der Waals surface area contributed by atoms with Crippen LogP contribution in [0.4, 0.5) is 20.8 Å². The minimum Gasteiger partial charge on any atom is -0.432 e. The van der Waals surface area contributed by atoms with Gasteiger partial charge in [0.1, 0.15) is 48.6 Å². The molecule has 3 aliphatic heterocycles. The summed E-state index contributed by atoms with van der Waals surface area (Å²) in [5, 5.41) is 0. The van der Waals surface area contributed by atoms with Crippen LogP contribution in [-0.4, -0.2) is 196 Å². The summed E-state index contributed by atoms with van der Waals surface area (Å²) in [4.78, 5) is 76.6. The number of anilines is 2. The number of nitrogens with zero attached hydrogens (tertiary/aromatic N) is 10. The number of halogens is 1. The molecule has 4 aromatic heterocycles. The van der Waals surface area contributed by atoms with Gasteiger partial charge in [-0.1, -0.05) is 24.5 Å². The Morgan fingerprint density at radius 2 is 1.32 bits per heavy atom. The van der Waals surface area contributed by atoms with Gasteiger partial charge in [-0.3, -0.25) is 37.4 Å². The van der Waals surface area contributed by atoms with Gasteiger partial charge in [0.05, 0.1) is 104 Å². The number of fused-ring (bicyclic) bond motifs is 4. The third kappa shape index (κ3) is 13.5. The molecule has 2 saturated heterocycles. The van der Waals surface area contributed by atoms with E-state index in [4.69, 9.17) is 62.7 Å². The maximum atomic E-state index is 16.4. The molecule has 0 spiro atoms. The first-order valence-corrected chi connectivity index (χ1v) is 28.3. The van der Waals surface area contributed by atoms with Crippen LogP contribution in [0.5, 0.6) is 0 Å². The second kappa shape index (κ2) is 24.8. The number of imide groups is 1. The zero-order chi connectivity index (χ0) is 52.6. The van der Waals surface area contributed by atoms with Crippen LogP contribution in [0.1, 0.15) is 25.1 Å². The van der Waals surface area contributed by atoms with Crippen molar-refractivity contribution >= 4 is 95.9 Å². The molecule has 74 heavy (non-hydrogen) atoms. The molecule has 29 nitrogen and oxygen atoms in total. The molecule has 0 radical (unpaired) electrons. The van der Waals surface area contributed by atoms with Crippen molar-refractivity contribution in [1.29, 1.82) is 0 Å². The largest absolute Gasteiger partial charge is 0.508 e. The third-order valence-electron chi connectivity index (χ3n) is 12.0. The van der Waals surface area contributed by atoms with Crippen LogP contribution in [0.2, 0.25) is 0 Å². The molecule has 1 unspecified atom stereocenters. The minimum atomic E-state index is -4.50. The summed E-state index contributed by atoms with van der Waals surface area (Å²) >= 11 is 8.40. The van der Waals surface area contributed by atoms with Crippen molar-refractivity contribution in [2.75, 3.05) is 104 Å². The van der Waals surface area contributed by atoms with Gasteiger partial charge in [-0.2, -0.15) is 0 Å². The summed E-state index contributed by atoms with van der Waals surface area (Å²) in [5.41, 5.74) is 12.7. The van der Waals surface area contributed by atoms with Gasteiger partial charge in [-0.15, -0.1) is 0 Å². The van der Waals surface area contributed by atoms with Gasteiger partial charge < -0.3 is 58.6 Å². The van der Waals surface area contributed by atoms with E-state index in [1.165, 1.54) is 52.2 Å².